The summed E-state index contributed by atoms with van der Waals surface area (Å²) in [6.45, 7) is 17.7. The maximum Gasteiger partial charge on any atom is 0.421 e. The van der Waals surface area contributed by atoms with Crippen LogP contribution in [0.3, 0.4) is 0 Å². The number of amides is 2. The molecule has 0 saturated carbocycles. The summed E-state index contributed by atoms with van der Waals surface area (Å²) in [5.41, 5.74) is 2.00. The number of unbranched alkanes of at least 4 members (excludes halogenated alkanes) is 4. The molecule has 0 unspecified atom stereocenters. The van der Waals surface area contributed by atoms with Crippen molar-refractivity contribution in [2.24, 2.45) is 0 Å². The van der Waals surface area contributed by atoms with Crippen LogP contribution in [-0.2, 0) is 35.3 Å². The van der Waals surface area contributed by atoms with Crippen LogP contribution in [0.4, 0.5) is 15.5 Å². The first kappa shape index (κ1) is 39.0. The number of rotatable bonds is 17. The molecule has 2 heterocycles. The second-order valence-electron chi connectivity index (χ2n) is 14.2. The number of anilines is 1. The molecule has 0 atom stereocenters. The van der Waals surface area contributed by atoms with Crippen LogP contribution in [0, 0.1) is 0 Å². The molecule has 0 spiro atoms. The monoisotopic (exact) mass is 677 g/mol. The number of benzene rings is 1. The Morgan fingerprint density at radius 3 is 2.16 bits per heavy atom. The number of ether oxygens (including phenoxy) is 2. The molecule has 0 aliphatic rings. The summed E-state index contributed by atoms with van der Waals surface area (Å²) in [7, 11) is 0. The highest BCUT2D eigenvalue weighted by atomic mass is 16.6. The molecule has 268 valence electrons. The molecule has 0 radical (unpaired) electrons. The minimum atomic E-state index is -0.732. The van der Waals surface area contributed by atoms with Gasteiger partial charge in [0.25, 0.3) is 5.91 Å². The molecule has 3 rings (SSSR count). The summed E-state index contributed by atoms with van der Waals surface area (Å²) < 4.78 is 14.2. The maximum absolute atomic E-state index is 13.1. The fourth-order valence-electron chi connectivity index (χ4n) is 5.00. The molecule has 12 nitrogen and oxygen atoms in total. The molecule has 0 fully saturated rings. The average Bonchev–Trinajstić information content (AvgIpc) is 3.65. The smallest absolute Gasteiger partial charge is 0.421 e. The number of hydrogen-bond acceptors (Lipinski definition) is 8. The van der Waals surface area contributed by atoms with Crippen LogP contribution in [0.2, 0.25) is 0 Å². The van der Waals surface area contributed by atoms with E-state index < -0.39 is 23.4 Å². The normalized spacial score (nSPS) is 11.7. The van der Waals surface area contributed by atoms with Crippen molar-refractivity contribution in [2.45, 2.75) is 124 Å². The van der Waals surface area contributed by atoms with Gasteiger partial charge in [-0.3, -0.25) is 9.48 Å². The van der Waals surface area contributed by atoms with E-state index in [1.807, 2.05) is 30.5 Å². The van der Waals surface area contributed by atoms with Gasteiger partial charge in [-0.1, -0.05) is 49.6 Å². The van der Waals surface area contributed by atoms with Crippen LogP contribution in [0.1, 0.15) is 114 Å². The van der Waals surface area contributed by atoms with Gasteiger partial charge in [0.05, 0.1) is 17.9 Å². The Morgan fingerprint density at radius 2 is 1.53 bits per heavy atom. The SMILES string of the molecule is C=CCN(C(=O)OC(C)(C)C)c1nc(CCCCCc2cn(CCNC(=O)c3ccc(CCCCC)cc3)nn2)cn1C(=O)OC(C)(C)C. The highest BCUT2D eigenvalue weighted by molar-refractivity contribution is 5.94. The number of aryl methyl sites for hydroxylation is 3. The lowest BCUT2D eigenvalue weighted by Gasteiger charge is -2.26. The van der Waals surface area contributed by atoms with Crippen LogP contribution in [-0.4, -0.2) is 66.9 Å². The maximum atomic E-state index is 13.1. The summed E-state index contributed by atoms with van der Waals surface area (Å²) in [5, 5.41) is 11.5. The first-order valence-corrected chi connectivity index (χ1v) is 17.4. The minimum Gasteiger partial charge on any atom is -0.443 e. The molecule has 2 aromatic heterocycles. The van der Waals surface area contributed by atoms with Crippen molar-refractivity contribution in [1.29, 1.82) is 0 Å². The van der Waals surface area contributed by atoms with Gasteiger partial charge in [-0.2, -0.15) is 0 Å². The zero-order valence-electron chi connectivity index (χ0n) is 30.5. The Labute approximate surface area is 291 Å². The first-order chi connectivity index (χ1) is 23.2. The minimum absolute atomic E-state index is 0.0956. The fraction of sp³-hybridized carbons (Fsp3) is 0.568. The number of nitrogens with zero attached hydrogens (tertiary/aromatic N) is 6. The lowest BCUT2D eigenvalue weighted by Crippen LogP contribution is -2.39. The highest BCUT2D eigenvalue weighted by Crippen LogP contribution is 2.22. The average molecular weight is 678 g/mol. The summed E-state index contributed by atoms with van der Waals surface area (Å²) in [6, 6.07) is 7.84. The molecule has 1 N–H and O–H groups in total. The number of nitrogens with one attached hydrogen (secondary N) is 1. The standard InChI is InChI=1S/C37H55N7O5/c1-9-11-13-16-28-19-21-29(22-20-28)32(45)38-23-25-42-26-31(40-41-42)18-15-12-14-17-30-27-44(35(47)49-37(6,7)8)33(39-30)43(24-10-2)34(46)48-36(3,4)5/h10,19-22,26-27H,2,9,11-18,23-25H2,1,3-8H3,(H,38,45). The van der Waals surface area contributed by atoms with E-state index in [1.54, 1.807) is 58.5 Å². The van der Waals surface area contributed by atoms with Crippen LogP contribution < -0.4 is 10.2 Å². The molecule has 49 heavy (non-hydrogen) atoms. The second kappa shape index (κ2) is 18.3. The van der Waals surface area contributed by atoms with Crippen molar-refractivity contribution in [2.75, 3.05) is 18.0 Å². The number of carbonyl (C=O) groups excluding carboxylic acids is 3. The molecular weight excluding hydrogens is 622 g/mol. The molecule has 0 aliphatic heterocycles. The highest BCUT2D eigenvalue weighted by Gasteiger charge is 2.30. The third-order valence-electron chi connectivity index (χ3n) is 7.36. The van der Waals surface area contributed by atoms with Crippen LogP contribution in [0.5, 0.6) is 0 Å². The third kappa shape index (κ3) is 13.5. The van der Waals surface area contributed by atoms with E-state index in [2.05, 4.69) is 34.1 Å². The molecule has 0 bridgehead atoms. The van der Waals surface area contributed by atoms with E-state index >= 15 is 0 Å². The van der Waals surface area contributed by atoms with Crippen molar-refractivity contribution in [3.63, 3.8) is 0 Å². The molecule has 12 heteroatoms. The van der Waals surface area contributed by atoms with Gasteiger partial charge >= 0.3 is 12.2 Å². The zero-order valence-corrected chi connectivity index (χ0v) is 30.5. The lowest BCUT2D eigenvalue weighted by atomic mass is 10.1. The Hall–Kier alpha value is -4.48. The van der Waals surface area contributed by atoms with Crippen LogP contribution in [0.25, 0.3) is 0 Å². The predicted octanol–water partition coefficient (Wildman–Crippen LogP) is 7.30. The summed E-state index contributed by atoms with van der Waals surface area (Å²) in [5.74, 6) is 0.0312. The van der Waals surface area contributed by atoms with Gasteiger partial charge in [-0.25, -0.2) is 24.0 Å². The fourth-order valence-corrected chi connectivity index (χ4v) is 5.00. The van der Waals surface area contributed by atoms with Gasteiger partial charge in [-0.15, -0.1) is 11.7 Å². The predicted molar refractivity (Wildman–Crippen MR) is 191 cm³/mol. The van der Waals surface area contributed by atoms with Crippen molar-refractivity contribution in [3.8, 4) is 0 Å². The molecule has 3 aromatic rings. The van der Waals surface area contributed by atoms with Gasteiger partial charge in [0.1, 0.15) is 11.2 Å². The molecular formula is C37H55N7O5. The lowest BCUT2D eigenvalue weighted by molar-refractivity contribution is 0.0532. The zero-order chi connectivity index (χ0) is 36.0. The second-order valence-corrected chi connectivity index (χ2v) is 14.2. The Kier molecular flexibility index (Phi) is 14.6. The van der Waals surface area contributed by atoms with Crippen LogP contribution >= 0.6 is 0 Å². The Morgan fingerprint density at radius 1 is 0.878 bits per heavy atom. The first-order valence-electron chi connectivity index (χ1n) is 17.4. The largest absolute Gasteiger partial charge is 0.443 e. The summed E-state index contributed by atoms with van der Waals surface area (Å²) in [6.07, 6.45) is 12.4. The van der Waals surface area contributed by atoms with Gasteiger partial charge in [0, 0.05) is 31.0 Å². The number of aromatic nitrogens is 5. The topological polar surface area (TPSA) is 133 Å². The van der Waals surface area contributed by atoms with Gasteiger partial charge in [0.2, 0.25) is 5.95 Å². The van der Waals surface area contributed by atoms with Crippen molar-refractivity contribution in [1.82, 2.24) is 29.9 Å². The number of imidazole rings is 1. The molecule has 1 aromatic carbocycles. The molecule has 2 amide bonds. The van der Waals surface area contributed by atoms with Gasteiger partial charge < -0.3 is 14.8 Å². The van der Waals surface area contributed by atoms with E-state index in [1.165, 1.54) is 34.3 Å². The Balaban J connectivity index is 1.49. The van der Waals surface area contributed by atoms with E-state index in [-0.39, 0.29) is 18.4 Å². The van der Waals surface area contributed by atoms with E-state index in [4.69, 9.17) is 9.47 Å². The van der Waals surface area contributed by atoms with E-state index in [0.717, 1.165) is 37.8 Å². The van der Waals surface area contributed by atoms with Gasteiger partial charge in [-0.05, 0) is 97.8 Å². The summed E-state index contributed by atoms with van der Waals surface area (Å²) in [4.78, 5) is 44.7. The third-order valence-corrected chi connectivity index (χ3v) is 7.36. The molecule has 0 aliphatic carbocycles. The van der Waals surface area contributed by atoms with Crippen LogP contribution in [0.15, 0.2) is 49.3 Å². The van der Waals surface area contributed by atoms with Crippen molar-refractivity contribution >= 4 is 24.0 Å². The number of hydrogen-bond donors (Lipinski definition) is 1. The van der Waals surface area contributed by atoms with Gasteiger partial charge in [0.15, 0.2) is 0 Å². The number of carbonyl (C=O) groups is 3. The quantitative estimate of drug-likeness (QED) is 0.116. The van der Waals surface area contributed by atoms with E-state index in [9.17, 15) is 14.4 Å². The summed E-state index contributed by atoms with van der Waals surface area (Å²) >= 11 is 0. The van der Waals surface area contributed by atoms with E-state index in [0.29, 0.717) is 30.8 Å². The molecule has 0 saturated heterocycles. The van der Waals surface area contributed by atoms with Crippen molar-refractivity contribution < 1.29 is 23.9 Å². The van der Waals surface area contributed by atoms with Crippen molar-refractivity contribution in [3.05, 3.63) is 71.8 Å². The Bertz CT molecular complexity index is 1510.